The van der Waals surface area contributed by atoms with Gasteiger partial charge in [0.2, 0.25) is 0 Å². The summed E-state index contributed by atoms with van der Waals surface area (Å²) in [6.07, 6.45) is 1.46. The van der Waals surface area contributed by atoms with Crippen LogP contribution in [0.3, 0.4) is 0 Å². The second kappa shape index (κ2) is 5.25. The largest absolute Gasteiger partial charge is 0.447 e. The molecule has 1 heterocycles. The molecule has 0 saturated carbocycles. The first-order chi connectivity index (χ1) is 8.27. The minimum Gasteiger partial charge on any atom is -0.447 e. The third kappa shape index (κ3) is 2.90. The van der Waals surface area contributed by atoms with Crippen molar-refractivity contribution in [1.82, 2.24) is 5.01 Å². The summed E-state index contributed by atoms with van der Waals surface area (Å²) in [6.45, 7) is 0.238. The number of hydrogen-bond donors (Lipinski definition) is 0. The minimum atomic E-state index is -0.709. The average Bonchev–Trinajstić information content (AvgIpc) is 2.77. The smallest absolute Gasteiger partial charge is 0.437 e. The van der Waals surface area contributed by atoms with Crippen molar-refractivity contribution in [2.24, 2.45) is 5.10 Å². The lowest BCUT2D eigenvalue weighted by atomic mass is 10.2. The Labute approximate surface area is 98.7 Å². The fourth-order valence-electron chi connectivity index (χ4n) is 1.46. The topological polar surface area (TPSA) is 59.0 Å². The molecular weight excluding hydrogens is 220 g/mol. The maximum absolute atomic E-state index is 11.4. The van der Waals surface area contributed by atoms with Gasteiger partial charge in [-0.1, -0.05) is 30.3 Å². The van der Waals surface area contributed by atoms with Gasteiger partial charge in [-0.05, 0) is 5.56 Å². The Balaban J connectivity index is 1.77. The van der Waals surface area contributed by atoms with Crippen LogP contribution in [0.5, 0.6) is 0 Å². The van der Waals surface area contributed by atoms with Crippen molar-refractivity contribution in [3.63, 3.8) is 0 Å². The molecule has 1 aromatic carbocycles. The molecule has 1 aliphatic rings. The first kappa shape index (κ1) is 11.3. The van der Waals surface area contributed by atoms with E-state index in [2.05, 4.69) is 5.10 Å². The Morgan fingerprint density at radius 1 is 1.35 bits per heavy atom. The summed E-state index contributed by atoms with van der Waals surface area (Å²) >= 11 is 0. The molecule has 0 unspecified atom stereocenters. The van der Waals surface area contributed by atoms with Crippen LogP contribution in [0.1, 0.15) is 12.0 Å². The van der Waals surface area contributed by atoms with Gasteiger partial charge in [-0.25, -0.2) is 4.79 Å². The first-order valence-corrected chi connectivity index (χ1v) is 5.33. The van der Waals surface area contributed by atoms with Gasteiger partial charge in [0, 0.05) is 12.6 Å². The van der Waals surface area contributed by atoms with Gasteiger partial charge < -0.3 is 4.74 Å². The number of carbonyl (C=O) groups is 2. The van der Waals surface area contributed by atoms with Crippen LogP contribution < -0.4 is 0 Å². The van der Waals surface area contributed by atoms with Crippen LogP contribution in [-0.4, -0.2) is 29.8 Å². The molecule has 0 fully saturated rings. The van der Waals surface area contributed by atoms with Gasteiger partial charge in [0.1, 0.15) is 0 Å². The van der Waals surface area contributed by atoms with E-state index < -0.39 is 6.09 Å². The molecule has 17 heavy (non-hydrogen) atoms. The Kier molecular flexibility index (Phi) is 3.49. The Morgan fingerprint density at radius 3 is 2.76 bits per heavy atom. The van der Waals surface area contributed by atoms with E-state index in [4.69, 9.17) is 4.74 Å². The van der Waals surface area contributed by atoms with Crippen LogP contribution >= 0.6 is 0 Å². The van der Waals surface area contributed by atoms with Gasteiger partial charge in [0.25, 0.3) is 5.91 Å². The number of hydrogen-bond acceptors (Lipinski definition) is 4. The van der Waals surface area contributed by atoms with E-state index in [9.17, 15) is 9.59 Å². The zero-order chi connectivity index (χ0) is 12.1. The number of amides is 2. The van der Waals surface area contributed by atoms with Crippen molar-refractivity contribution in [2.75, 3.05) is 6.61 Å². The van der Waals surface area contributed by atoms with Gasteiger partial charge in [-0.15, -0.1) is 5.01 Å². The first-order valence-electron chi connectivity index (χ1n) is 5.33. The van der Waals surface area contributed by atoms with Crippen molar-refractivity contribution in [1.29, 1.82) is 0 Å². The van der Waals surface area contributed by atoms with E-state index in [1.807, 2.05) is 30.3 Å². The van der Waals surface area contributed by atoms with E-state index in [1.165, 1.54) is 6.21 Å². The summed E-state index contributed by atoms with van der Waals surface area (Å²) in [7, 11) is 0. The quantitative estimate of drug-likeness (QED) is 0.795. The number of rotatable bonds is 3. The standard InChI is InChI=1S/C12H12N2O3/c15-11-6-8-13-14(11)12(16)17-9-7-10-4-2-1-3-5-10/h1-5,8H,6-7,9H2. The lowest BCUT2D eigenvalue weighted by molar-refractivity contribution is -0.127. The number of nitrogens with zero attached hydrogens (tertiary/aromatic N) is 2. The molecule has 5 heteroatoms. The highest BCUT2D eigenvalue weighted by Crippen LogP contribution is 2.06. The van der Waals surface area contributed by atoms with Crippen LogP contribution in [0.2, 0.25) is 0 Å². The molecule has 0 atom stereocenters. The van der Waals surface area contributed by atoms with Gasteiger partial charge in [0.15, 0.2) is 0 Å². The van der Waals surface area contributed by atoms with Crippen molar-refractivity contribution in [2.45, 2.75) is 12.8 Å². The minimum absolute atomic E-state index is 0.161. The van der Waals surface area contributed by atoms with Crippen LogP contribution in [0.15, 0.2) is 35.4 Å². The van der Waals surface area contributed by atoms with Crippen molar-refractivity contribution in [3.8, 4) is 0 Å². The van der Waals surface area contributed by atoms with E-state index in [1.54, 1.807) is 0 Å². The highest BCUT2D eigenvalue weighted by Gasteiger charge is 2.25. The third-order valence-electron chi connectivity index (χ3n) is 2.33. The summed E-state index contributed by atoms with van der Waals surface area (Å²) in [5.41, 5.74) is 1.08. The van der Waals surface area contributed by atoms with E-state index in [0.717, 1.165) is 10.6 Å². The number of imide groups is 1. The molecule has 2 amide bonds. The lowest BCUT2D eigenvalue weighted by Gasteiger charge is -2.10. The molecule has 0 N–H and O–H groups in total. The highest BCUT2D eigenvalue weighted by atomic mass is 16.6. The normalized spacial score (nSPS) is 14.1. The summed E-state index contributed by atoms with van der Waals surface area (Å²) in [6, 6.07) is 9.67. The van der Waals surface area contributed by atoms with Crippen LogP contribution in [0.25, 0.3) is 0 Å². The zero-order valence-electron chi connectivity index (χ0n) is 9.20. The van der Waals surface area contributed by atoms with Crippen molar-refractivity contribution >= 4 is 18.2 Å². The van der Waals surface area contributed by atoms with E-state index in [0.29, 0.717) is 6.42 Å². The molecule has 0 aromatic heterocycles. The number of ether oxygens (including phenoxy) is 1. The molecule has 1 aliphatic heterocycles. The maximum atomic E-state index is 11.4. The van der Waals surface area contributed by atoms with E-state index >= 15 is 0 Å². The molecule has 88 valence electrons. The van der Waals surface area contributed by atoms with Crippen LogP contribution in [-0.2, 0) is 16.0 Å². The SMILES string of the molecule is O=C1CC=NN1C(=O)OCCc1ccccc1. The molecule has 0 bridgehead atoms. The predicted octanol–water partition coefficient (Wildman–Crippen LogP) is 1.58. The fourth-order valence-corrected chi connectivity index (χ4v) is 1.46. The Morgan fingerprint density at radius 2 is 2.12 bits per heavy atom. The summed E-state index contributed by atoms with van der Waals surface area (Å²) in [5.74, 6) is -0.352. The number of benzene rings is 1. The number of carbonyl (C=O) groups excluding carboxylic acids is 2. The zero-order valence-corrected chi connectivity index (χ0v) is 9.20. The van der Waals surface area contributed by atoms with E-state index in [-0.39, 0.29) is 18.9 Å². The van der Waals surface area contributed by atoms with Crippen molar-refractivity contribution in [3.05, 3.63) is 35.9 Å². The summed E-state index contributed by atoms with van der Waals surface area (Å²) < 4.78 is 4.95. The van der Waals surface area contributed by atoms with Crippen molar-refractivity contribution < 1.29 is 14.3 Å². The predicted molar refractivity (Wildman–Crippen MR) is 61.4 cm³/mol. The summed E-state index contributed by atoms with van der Waals surface area (Å²) in [4.78, 5) is 22.6. The van der Waals surface area contributed by atoms with Gasteiger partial charge in [-0.2, -0.15) is 5.10 Å². The molecule has 0 aliphatic carbocycles. The maximum Gasteiger partial charge on any atom is 0.437 e. The molecular formula is C12H12N2O3. The fraction of sp³-hybridized carbons (Fsp3) is 0.250. The van der Waals surface area contributed by atoms with Gasteiger partial charge >= 0.3 is 6.09 Å². The second-order valence-electron chi connectivity index (χ2n) is 3.56. The molecule has 5 nitrogen and oxygen atoms in total. The monoisotopic (exact) mass is 232 g/mol. The molecule has 0 spiro atoms. The summed E-state index contributed by atoms with van der Waals surface area (Å²) in [5, 5.41) is 4.38. The Bertz CT molecular complexity index is 442. The highest BCUT2D eigenvalue weighted by molar-refractivity contribution is 6.02. The van der Waals surface area contributed by atoms with Gasteiger partial charge in [-0.3, -0.25) is 4.79 Å². The molecule has 0 saturated heterocycles. The second-order valence-corrected chi connectivity index (χ2v) is 3.56. The third-order valence-corrected chi connectivity index (χ3v) is 2.33. The van der Waals surface area contributed by atoms with Crippen LogP contribution in [0, 0.1) is 0 Å². The Hall–Kier alpha value is -2.17. The lowest BCUT2D eigenvalue weighted by Crippen LogP contribution is -2.29. The van der Waals surface area contributed by atoms with Crippen LogP contribution in [0.4, 0.5) is 4.79 Å². The molecule has 0 radical (unpaired) electrons. The number of hydrazone groups is 1. The van der Waals surface area contributed by atoms with Gasteiger partial charge in [0.05, 0.1) is 13.0 Å². The average molecular weight is 232 g/mol. The molecule has 1 aromatic rings. The molecule has 2 rings (SSSR count).